The third-order valence-corrected chi connectivity index (χ3v) is 3.93. The predicted molar refractivity (Wildman–Crippen MR) is 82.3 cm³/mol. The van der Waals surface area contributed by atoms with E-state index in [0.29, 0.717) is 29.7 Å². The summed E-state index contributed by atoms with van der Waals surface area (Å²) in [4.78, 5) is 0. The Morgan fingerprint density at radius 2 is 2.22 bits per heavy atom. The number of ether oxygens (including phenoxy) is 2. The number of aromatic hydroxyl groups is 1. The van der Waals surface area contributed by atoms with E-state index in [1.165, 1.54) is 12.1 Å². The van der Waals surface area contributed by atoms with Crippen LogP contribution in [0.4, 0.5) is 10.2 Å². The van der Waals surface area contributed by atoms with Gasteiger partial charge in [0.25, 0.3) is 0 Å². The van der Waals surface area contributed by atoms with E-state index < -0.39 is 5.82 Å². The molecule has 0 fully saturated rings. The topological polar surface area (TPSA) is 90.5 Å². The molecule has 1 aliphatic heterocycles. The summed E-state index contributed by atoms with van der Waals surface area (Å²) in [6.07, 6.45) is 0.344. The Labute approximate surface area is 133 Å². The van der Waals surface area contributed by atoms with Crippen molar-refractivity contribution in [2.45, 2.75) is 26.1 Å². The minimum absolute atomic E-state index is 0.0235. The summed E-state index contributed by atoms with van der Waals surface area (Å²) in [5.74, 6) is -0.470. The van der Waals surface area contributed by atoms with E-state index in [4.69, 9.17) is 15.2 Å². The average molecular weight is 319 g/mol. The van der Waals surface area contributed by atoms with E-state index in [2.05, 4.69) is 10.2 Å². The zero-order valence-electron chi connectivity index (χ0n) is 13.0. The van der Waals surface area contributed by atoms with Gasteiger partial charge in [0.15, 0.2) is 5.82 Å². The molecular formula is C16H18FN3O3. The molecular weight excluding hydrogens is 301 g/mol. The number of nitrogens with two attached hydrogens (primary N) is 1. The number of phenolic OH excluding ortho intramolecular Hbond substituents is 1. The fraction of sp³-hybridized carbons (Fsp3) is 0.375. The molecule has 1 aliphatic rings. The van der Waals surface area contributed by atoms with Gasteiger partial charge >= 0.3 is 0 Å². The lowest BCUT2D eigenvalue weighted by molar-refractivity contribution is 0.0402. The Morgan fingerprint density at radius 1 is 1.43 bits per heavy atom. The molecule has 0 unspecified atom stereocenters. The van der Waals surface area contributed by atoms with Gasteiger partial charge in [-0.2, -0.15) is 0 Å². The molecule has 23 heavy (non-hydrogen) atoms. The summed E-state index contributed by atoms with van der Waals surface area (Å²) in [7, 11) is 1.61. The highest BCUT2D eigenvalue weighted by molar-refractivity contribution is 5.73. The summed E-state index contributed by atoms with van der Waals surface area (Å²) in [5, 5.41) is 18.1. The van der Waals surface area contributed by atoms with E-state index >= 15 is 0 Å². The zero-order chi connectivity index (χ0) is 16.6. The molecule has 2 aromatic rings. The molecule has 3 rings (SSSR count). The molecule has 2 heterocycles. The van der Waals surface area contributed by atoms with Gasteiger partial charge < -0.3 is 20.3 Å². The second kappa shape index (κ2) is 6.10. The van der Waals surface area contributed by atoms with Crippen LogP contribution in [0.1, 0.15) is 29.2 Å². The van der Waals surface area contributed by atoms with E-state index in [0.717, 1.165) is 0 Å². The van der Waals surface area contributed by atoms with Crippen LogP contribution in [0.25, 0.3) is 11.3 Å². The Kier molecular flexibility index (Phi) is 4.14. The summed E-state index contributed by atoms with van der Waals surface area (Å²) in [6, 6.07) is 2.83. The van der Waals surface area contributed by atoms with E-state index in [-0.39, 0.29) is 35.5 Å². The van der Waals surface area contributed by atoms with Crippen molar-refractivity contribution in [3.8, 4) is 17.0 Å². The van der Waals surface area contributed by atoms with Crippen molar-refractivity contribution >= 4 is 5.82 Å². The van der Waals surface area contributed by atoms with Crippen LogP contribution in [0.3, 0.4) is 0 Å². The fourth-order valence-electron chi connectivity index (χ4n) is 2.88. The van der Waals surface area contributed by atoms with Crippen molar-refractivity contribution in [1.29, 1.82) is 0 Å². The Balaban J connectivity index is 2.12. The lowest BCUT2D eigenvalue weighted by Gasteiger charge is -2.13. The number of benzene rings is 1. The molecule has 1 aromatic carbocycles. The van der Waals surface area contributed by atoms with E-state index in [9.17, 15) is 9.50 Å². The molecule has 1 aromatic heterocycles. The number of methoxy groups -OCH3 is 1. The van der Waals surface area contributed by atoms with Crippen LogP contribution in [0.5, 0.6) is 5.75 Å². The Bertz CT molecular complexity index is 729. The van der Waals surface area contributed by atoms with Gasteiger partial charge in [-0.3, -0.25) is 0 Å². The average Bonchev–Trinajstić information content (AvgIpc) is 2.91. The van der Waals surface area contributed by atoms with Crippen LogP contribution in [-0.4, -0.2) is 29.0 Å². The maximum atomic E-state index is 14.3. The number of hydrogen-bond donors (Lipinski definition) is 2. The first-order chi connectivity index (χ1) is 11.0. The Hall–Kier alpha value is -2.25. The maximum Gasteiger partial charge on any atom is 0.152 e. The predicted octanol–water partition coefficient (Wildman–Crippen LogP) is 2.49. The molecule has 0 aliphatic carbocycles. The molecule has 122 valence electrons. The number of hydrogen-bond acceptors (Lipinski definition) is 6. The number of anilines is 1. The molecule has 0 saturated carbocycles. The quantitative estimate of drug-likeness (QED) is 0.900. The smallest absolute Gasteiger partial charge is 0.152 e. The number of fused-ring (bicyclic) bond motifs is 1. The van der Waals surface area contributed by atoms with Crippen LogP contribution in [-0.2, 0) is 16.1 Å². The first-order valence-electron chi connectivity index (χ1n) is 7.27. The lowest BCUT2D eigenvalue weighted by Crippen LogP contribution is -2.08. The molecule has 0 bridgehead atoms. The number of nitrogen functional groups attached to an aromatic ring is 1. The molecule has 6 nitrogen and oxygen atoms in total. The van der Waals surface area contributed by atoms with Crippen molar-refractivity contribution in [3.05, 3.63) is 34.6 Å². The van der Waals surface area contributed by atoms with Crippen LogP contribution in [0, 0.1) is 12.7 Å². The number of nitrogens with zero attached hydrogens (tertiary/aromatic N) is 2. The number of phenols is 1. The van der Waals surface area contributed by atoms with Crippen molar-refractivity contribution < 1.29 is 19.0 Å². The van der Waals surface area contributed by atoms with Crippen LogP contribution < -0.4 is 5.73 Å². The monoisotopic (exact) mass is 319 g/mol. The second-order valence-electron chi connectivity index (χ2n) is 5.55. The standard InChI is InChI=1S/C16H18FN3O3/c1-8-5-10(17)14(11(21)6-8)15-9-7-23-12(3-4-22-2)13(9)16(18)20-19-15/h5-6,12,21H,3-4,7H2,1-2H3,(H2,18,20)/t12-/m1/s1. The second-order valence-corrected chi connectivity index (χ2v) is 5.55. The normalized spacial score (nSPS) is 16.6. The molecule has 3 N–H and O–H groups in total. The van der Waals surface area contributed by atoms with Gasteiger partial charge in [-0.05, 0) is 24.6 Å². The van der Waals surface area contributed by atoms with Gasteiger partial charge in [-0.15, -0.1) is 10.2 Å². The summed E-state index contributed by atoms with van der Waals surface area (Å²) < 4.78 is 25.1. The summed E-state index contributed by atoms with van der Waals surface area (Å²) >= 11 is 0. The lowest BCUT2D eigenvalue weighted by atomic mass is 9.98. The number of aromatic nitrogens is 2. The largest absolute Gasteiger partial charge is 0.507 e. The summed E-state index contributed by atoms with van der Waals surface area (Å²) in [6.45, 7) is 2.45. The van der Waals surface area contributed by atoms with Crippen LogP contribution in [0.15, 0.2) is 12.1 Å². The molecule has 0 spiro atoms. The summed E-state index contributed by atoms with van der Waals surface area (Å²) in [5.41, 5.74) is 8.21. The third kappa shape index (κ3) is 2.73. The molecule has 1 atom stereocenters. The number of aryl methyl sites for hydroxylation is 1. The van der Waals surface area contributed by atoms with Crippen molar-refractivity contribution in [1.82, 2.24) is 10.2 Å². The van der Waals surface area contributed by atoms with Gasteiger partial charge in [0.1, 0.15) is 17.3 Å². The zero-order valence-corrected chi connectivity index (χ0v) is 13.0. The number of halogens is 1. The molecule has 0 saturated heterocycles. The first kappa shape index (κ1) is 15.6. The minimum atomic E-state index is -0.552. The highest BCUT2D eigenvalue weighted by atomic mass is 19.1. The van der Waals surface area contributed by atoms with Gasteiger partial charge in [0, 0.05) is 31.3 Å². The van der Waals surface area contributed by atoms with Crippen LogP contribution in [0.2, 0.25) is 0 Å². The van der Waals surface area contributed by atoms with Crippen molar-refractivity contribution in [2.24, 2.45) is 0 Å². The highest BCUT2D eigenvalue weighted by Crippen LogP contribution is 2.42. The van der Waals surface area contributed by atoms with Gasteiger partial charge in [-0.25, -0.2) is 4.39 Å². The molecule has 7 heteroatoms. The van der Waals surface area contributed by atoms with Gasteiger partial charge in [0.05, 0.1) is 18.3 Å². The SMILES string of the molecule is COCC[C@H]1OCc2c(-c3c(O)cc(C)cc3F)nnc(N)c21. The van der Waals surface area contributed by atoms with E-state index in [1.807, 2.05) is 0 Å². The first-order valence-corrected chi connectivity index (χ1v) is 7.27. The highest BCUT2D eigenvalue weighted by Gasteiger charge is 2.31. The Morgan fingerprint density at radius 3 is 2.91 bits per heavy atom. The maximum absolute atomic E-state index is 14.3. The van der Waals surface area contributed by atoms with Crippen LogP contribution >= 0.6 is 0 Å². The van der Waals surface area contributed by atoms with E-state index in [1.54, 1.807) is 14.0 Å². The van der Waals surface area contributed by atoms with Gasteiger partial charge in [-0.1, -0.05) is 0 Å². The molecule has 0 amide bonds. The van der Waals surface area contributed by atoms with Gasteiger partial charge in [0.2, 0.25) is 0 Å². The molecule has 0 radical (unpaired) electrons. The fourth-order valence-corrected chi connectivity index (χ4v) is 2.88. The third-order valence-electron chi connectivity index (χ3n) is 3.93. The van der Waals surface area contributed by atoms with Crippen molar-refractivity contribution in [2.75, 3.05) is 19.5 Å². The number of rotatable bonds is 4. The van der Waals surface area contributed by atoms with Crippen molar-refractivity contribution in [3.63, 3.8) is 0 Å². The minimum Gasteiger partial charge on any atom is -0.507 e.